The molecule has 1 aromatic carbocycles. The van der Waals surface area contributed by atoms with Crippen LogP contribution in [0.3, 0.4) is 0 Å². The van der Waals surface area contributed by atoms with Gasteiger partial charge in [0.05, 0.1) is 45.1 Å². The van der Waals surface area contributed by atoms with E-state index in [-0.39, 0.29) is 6.10 Å². The van der Waals surface area contributed by atoms with E-state index in [4.69, 9.17) is 28.4 Å². The van der Waals surface area contributed by atoms with Crippen LogP contribution in [0.2, 0.25) is 0 Å². The third-order valence-corrected chi connectivity index (χ3v) is 4.25. The highest BCUT2D eigenvalue weighted by Crippen LogP contribution is 2.47. The Labute approximate surface area is 138 Å². The number of ether oxygens (including phenoxy) is 6. The summed E-state index contributed by atoms with van der Waals surface area (Å²) in [5, 5.41) is 0. The lowest BCUT2D eigenvalue weighted by Gasteiger charge is -2.31. The summed E-state index contributed by atoms with van der Waals surface area (Å²) in [5.41, 5.74) is 0.787. The van der Waals surface area contributed by atoms with Crippen molar-refractivity contribution in [3.05, 3.63) is 16.1 Å². The fourth-order valence-electron chi connectivity index (χ4n) is 2.37. The van der Waals surface area contributed by atoms with E-state index >= 15 is 0 Å². The van der Waals surface area contributed by atoms with Crippen molar-refractivity contribution in [2.45, 2.75) is 18.8 Å². The highest BCUT2D eigenvalue weighted by Gasteiger charge is 2.29. The Kier molecular flexibility index (Phi) is 6.31. The zero-order valence-electron chi connectivity index (χ0n) is 13.2. The SMILES string of the molecule is COC[C@@H]1CCO[C@H](c2cc(OC)c(OC)c(OC)c2Br)O1. The van der Waals surface area contributed by atoms with Crippen LogP contribution < -0.4 is 14.2 Å². The second-order valence-electron chi connectivity index (χ2n) is 4.75. The van der Waals surface area contributed by atoms with E-state index in [9.17, 15) is 0 Å². The summed E-state index contributed by atoms with van der Waals surface area (Å²) < 4.78 is 33.7. The van der Waals surface area contributed by atoms with Gasteiger partial charge in [0, 0.05) is 12.7 Å². The standard InChI is InChI=1S/C15H21BrO6/c1-17-8-9-5-6-21-15(22-9)10-7-11(18-2)13(19-3)14(20-4)12(10)16/h7,9,15H,5-6,8H2,1-4H3/t9-,15-/m0/s1. The summed E-state index contributed by atoms with van der Waals surface area (Å²) in [6, 6.07) is 1.82. The van der Waals surface area contributed by atoms with Gasteiger partial charge in [-0.15, -0.1) is 0 Å². The maximum Gasteiger partial charge on any atom is 0.204 e. The summed E-state index contributed by atoms with van der Waals surface area (Å²) in [6.07, 6.45) is 0.276. The van der Waals surface area contributed by atoms with Crippen LogP contribution >= 0.6 is 15.9 Å². The minimum Gasteiger partial charge on any atom is -0.493 e. The molecule has 1 aliphatic heterocycles. The van der Waals surface area contributed by atoms with Gasteiger partial charge in [-0.1, -0.05) is 0 Å². The van der Waals surface area contributed by atoms with Crippen LogP contribution in [0, 0.1) is 0 Å². The topological polar surface area (TPSA) is 55.4 Å². The largest absolute Gasteiger partial charge is 0.493 e. The number of methoxy groups -OCH3 is 4. The van der Waals surface area contributed by atoms with Crippen LogP contribution in [0.5, 0.6) is 17.2 Å². The van der Waals surface area contributed by atoms with E-state index in [1.165, 1.54) is 0 Å². The quantitative estimate of drug-likeness (QED) is 0.760. The van der Waals surface area contributed by atoms with Crippen molar-refractivity contribution in [2.75, 3.05) is 41.7 Å². The maximum atomic E-state index is 5.94. The molecule has 0 bridgehead atoms. The first-order valence-corrected chi connectivity index (χ1v) is 7.69. The van der Waals surface area contributed by atoms with Gasteiger partial charge in [-0.2, -0.15) is 0 Å². The first kappa shape index (κ1) is 17.3. The molecule has 0 aliphatic carbocycles. The highest BCUT2D eigenvalue weighted by atomic mass is 79.9. The molecule has 6 nitrogen and oxygen atoms in total. The van der Waals surface area contributed by atoms with E-state index in [1.807, 2.05) is 6.07 Å². The molecule has 124 valence electrons. The van der Waals surface area contributed by atoms with E-state index in [1.54, 1.807) is 28.4 Å². The molecule has 2 atom stereocenters. The zero-order valence-corrected chi connectivity index (χ0v) is 14.8. The lowest BCUT2D eigenvalue weighted by molar-refractivity contribution is -0.226. The second-order valence-corrected chi connectivity index (χ2v) is 5.55. The molecule has 1 aromatic rings. The van der Waals surface area contributed by atoms with E-state index in [2.05, 4.69) is 15.9 Å². The van der Waals surface area contributed by atoms with Gasteiger partial charge in [0.1, 0.15) is 0 Å². The lowest BCUT2D eigenvalue weighted by Crippen LogP contribution is -2.30. The average molecular weight is 377 g/mol. The molecular formula is C15H21BrO6. The lowest BCUT2D eigenvalue weighted by atomic mass is 10.1. The van der Waals surface area contributed by atoms with E-state index in [0.29, 0.717) is 30.5 Å². The fourth-order valence-corrected chi connectivity index (χ4v) is 3.02. The van der Waals surface area contributed by atoms with Gasteiger partial charge in [-0.3, -0.25) is 0 Å². The number of hydrogen-bond acceptors (Lipinski definition) is 6. The van der Waals surface area contributed by atoms with Crippen LogP contribution in [-0.2, 0) is 14.2 Å². The first-order valence-electron chi connectivity index (χ1n) is 6.90. The van der Waals surface area contributed by atoms with Gasteiger partial charge in [-0.05, 0) is 28.4 Å². The Morgan fingerprint density at radius 3 is 2.45 bits per heavy atom. The Balaban J connectivity index is 2.37. The summed E-state index contributed by atoms with van der Waals surface area (Å²) >= 11 is 3.54. The van der Waals surface area contributed by atoms with Crippen molar-refractivity contribution < 1.29 is 28.4 Å². The Bertz CT molecular complexity index is 505. The number of halogens is 1. The van der Waals surface area contributed by atoms with Crippen LogP contribution in [0.1, 0.15) is 18.3 Å². The summed E-state index contributed by atoms with van der Waals surface area (Å²) in [4.78, 5) is 0. The molecule has 0 unspecified atom stereocenters. The molecule has 22 heavy (non-hydrogen) atoms. The summed E-state index contributed by atoms with van der Waals surface area (Å²) in [6.45, 7) is 1.13. The van der Waals surface area contributed by atoms with Crippen LogP contribution in [-0.4, -0.2) is 47.8 Å². The molecule has 1 fully saturated rings. The van der Waals surface area contributed by atoms with Gasteiger partial charge >= 0.3 is 0 Å². The highest BCUT2D eigenvalue weighted by molar-refractivity contribution is 9.10. The third kappa shape index (κ3) is 3.48. The number of benzene rings is 1. The van der Waals surface area contributed by atoms with Crippen molar-refractivity contribution in [3.63, 3.8) is 0 Å². The molecular weight excluding hydrogens is 356 g/mol. The van der Waals surface area contributed by atoms with Crippen molar-refractivity contribution in [2.24, 2.45) is 0 Å². The molecule has 0 saturated carbocycles. The first-order chi connectivity index (χ1) is 10.7. The molecule has 0 N–H and O–H groups in total. The average Bonchev–Trinajstić information content (AvgIpc) is 2.54. The molecule has 0 spiro atoms. The van der Waals surface area contributed by atoms with Crippen molar-refractivity contribution in [1.82, 2.24) is 0 Å². The van der Waals surface area contributed by atoms with Crippen molar-refractivity contribution in [1.29, 1.82) is 0 Å². The normalized spacial score (nSPS) is 21.5. The summed E-state index contributed by atoms with van der Waals surface area (Å²) in [5.74, 6) is 1.61. The van der Waals surface area contributed by atoms with Gasteiger partial charge in [0.15, 0.2) is 17.8 Å². The van der Waals surface area contributed by atoms with Crippen molar-refractivity contribution >= 4 is 15.9 Å². The van der Waals surface area contributed by atoms with Crippen LogP contribution in [0.15, 0.2) is 10.5 Å². The molecule has 2 rings (SSSR count). The monoisotopic (exact) mass is 376 g/mol. The van der Waals surface area contributed by atoms with Gasteiger partial charge in [0.2, 0.25) is 5.75 Å². The Morgan fingerprint density at radius 2 is 1.86 bits per heavy atom. The van der Waals surface area contributed by atoms with Crippen LogP contribution in [0.4, 0.5) is 0 Å². The predicted molar refractivity (Wildman–Crippen MR) is 83.9 cm³/mol. The number of rotatable bonds is 6. The van der Waals surface area contributed by atoms with Crippen LogP contribution in [0.25, 0.3) is 0 Å². The molecule has 1 saturated heterocycles. The maximum absolute atomic E-state index is 5.94. The van der Waals surface area contributed by atoms with E-state index in [0.717, 1.165) is 16.5 Å². The second kappa shape index (κ2) is 8.01. The van der Waals surface area contributed by atoms with E-state index < -0.39 is 6.29 Å². The summed E-state index contributed by atoms with van der Waals surface area (Å²) in [7, 11) is 6.37. The predicted octanol–water partition coefficient (Wildman–Crippen LogP) is 2.93. The smallest absolute Gasteiger partial charge is 0.204 e. The third-order valence-electron chi connectivity index (χ3n) is 3.43. The molecule has 1 heterocycles. The van der Waals surface area contributed by atoms with Gasteiger partial charge < -0.3 is 28.4 Å². The molecule has 0 radical (unpaired) electrons. The molecule has 0 amide bonds. The Hall–Kier alpha value is -1.02. The molecule has 1 aliphatic rings. The van der Waals surface area contributed by atoms with Gasteiger partial charge in [-0.25, -0.2) is 0 Å². The molecule has 7 heteroatoms. The minimum atomic E-state index is -0.517. The minimum absolute atomic E-state index is 0.00487. The zero-order chi connectivity index (χ0) is 16.1. The molecule has 0 aromatic heterocycles. The fraction of sp³-hybridized carbons (Fsp3) is 0.600. The van der Waals surface area contributed by atoms with Crippen molar-refractivity contribution in [3.8, 4) is 17.2 Å². The van der Waals surface area contributed by atoms with Gasteiger partial charge in [0.25, 0.3) is 0 Å². The Morgan fingerprint density at radius 1 is 1.14 bits per heavy atom. The number of hydrogen-bond donors (Lipinski definition) is 0.